The van der Waals surface area contributed by atoms with Gasteiger partial charge in [-0.05, 0) is 5.56 Å². The molecule has 0 bridgehead atoms. The molecule has 0 atom stereocenters. The molecule has 2 aromatic carbocycles. The summed E-state index contributed by atoms with van der Waals surface area (Å²) in [6.45, 7) is 0. The maximum Gasteiger partial charge on any atom is 0.348 e. The molecule has 27 heavy (non-hydrogen) atoms. The van der Waals surface area contributed by atoms with Crippen LogP contribution in [0.15, 0.2) is 71.7 Å². The predicted octanol–water partition coefficient (Wildman–Crippen LogP) is 3.15. The fraction of sp³-hybridized carbons (Fsp3) is 0.0952. The van der Waals surface area contributed by atoms with Gasteiger partial charge in [0.2, 0.25) is 0 Å². The summed E-state index contributed by atoms with van der Waals surface area (Å²) >= 11 is 0. The van der Waals surface area contributed by atoms with Crippen molar-refractivity contribution in [1.29, 1.82) is 0 Å². The normalized spacial score (nSPS) is 10.9. The van der Waals surface area contributed by atoms with Crippen molar-refractivity contribution in [2.45, 2.75) is 0 Å². The Labute approximate surface area is 155 Å². The third-order valence-electron chi connectivity index (χ3n) is 4.48. The molecular formula is C21H17N3O3. The first-order valence-electron chi connectivity index (χ1n) is 8.43. The largest absolute Gasteiger partial charge is 0.465 e. The number of carbonyl (C=O) groups is 1. The maximum atomic E-state index is 12.7. The first-order valence-corrected chi connectivity index (χ1v) is 8.43. The molecule has 0 spiro atoms. The van der Waals surface area contributed by atoms with Crippen molar-refractivity contribution < 1.29 is 9.53 Å². The molecule has 0 aliphatic heterocycles. The Morgan fingerprint density at radius 3 is 2.15 bits per heavy atom. The molecule has 0 amide bonds. The second kappa shape index (κ2) is 6.57. The number of fused-ring (bicyclic) bond motifs is 1. The molecule has 2 heterocycles. The van der Waals surface area contributed by atoms with Crippen LogP contribution in [-0.4, -0.2) is 27.3 Å². The number of aromatic nitrogens is 3. The number of nitrogens with zero attached hydrogens (tertiary/aromatic N) is 3. The molecular weight excluding hydrogens is 342 g/mol. The highest BCUT2D eigenvalue weighted by atomic mass is 16.5. The van der Waals surface area contributed by atoms with Crippen LogP contribution < -0.4 is 5.69 Å². The summed E-state index contributed by atoms with van der Waals surface area (Å²) < 4.78 is 7.69. The number of aryl methyl sites for hydroxylation is 1. The number of carbonyl (C=O) groups excluding carboxylic acids is 1. The topological polar surface area (TPSA) is 65.6 Å². The second-order valence-electron chi connectivity index (χ2n) is 6.11. The van der Waals surface area contributed by atoms with Crippen molar-refractivity contribution in [3.05, 3.63) is 82.9 Å². The van der Waals surface area contributed by atoms with E-state index in [9.17, 15) is 9.59 Å². The van der Waals surface area contributed by atoms with Gasteiger partial charge < -0.3 is 4.74 Å². The van der Waals surface area contributed by atoms with Gasteiger partial charge in [0.25, 0.3) is 0 Å². The summed E-state index contributed by atoms with van der Waals surface area (Å²) in [5.41, 5.74) is 3.48. The highest BCUT2D eigenvalue weighted by Crippen LogP contribution is 2.35. The van der Waals surface area contributed by atoms with Gasteiger partial charge in [-0.1, -0.05) is 60.7 Å². The SMILES string of the molecule is COC(=O)c1cn2c(=O)n(C)nc(-c3ccccc3)c2c1-c1ccccc1. The van der Waals surface area contributed by atoms with Crippen molar-refractivity contribution in [3.8, 4) is 22.4 Å². The van der Waals surface area contributed by atoms with Crippen LogP contribution in [0.3, 0.4) is 0 Å². The Morgan fingerprint density at radius 1 is 0.963 bits per heavy atom. The lowest BCUT2D eigenvalue weighted by atomic mass is 10.00. The Morgan fingerprint density at radius 2 is 1.56 bits per heavy atom. The zero-order valence-electron chi connectivity index (χ0n) is 14.9. The van der Waals surface area contributed by atoms with Crippen molar-refractivity contribution in [1.82, 2.24) is 14.2 Å². The summed E-state index contributed by atoms with van der Waals surface area (Å²) in [5.74, 6) is -0.501. The van der Waals surface area contributed by atoms with Gasteiger partial charge in [0.05, 0.1) is 18.2 Å². The van der Waals surface area contributed by atoms with E-state index in [4.69, 9.17) is 4.74 Å². The zero-order valence-corrected chi connectivity index (χ0v) is 14.9. The van der Waals surface area contributed by atoms with E-state index in [-0.39, 0.29) is 5.69 Å². The van der Waals surface area contributed by atoms with Crippen LogP contribution in [-0.2, 0) is 11.8 Å². The van der Waals surface area contributed by atoms with Crippen LogP contribution in [0.4, 0.5) is 0 Å². The first-order chi connectivity index (χ1) is 13.1. The third-order valence-corrected chi connectivity index (χ3v) is 4.48. The predicted molar refractivity (Wildman–Crippen MR) is 103 cm³/mol. The van der Waals surface area contributed by atoms with Gasteiger partial charge in [0, 0.05) is 24.4 Å². The highest BCUT2D eigenvalue weighted by Gasteiger charge is 2.24. The van der Waals surface area contributed by atoms with Crippen molar-refractivity contribution in [2.75, 3.05) is 7.11 Å². The maximum absolute atomic E-state index is 12.7. The molecule has 0 saturated heterocycles. The molecule has 0 unspecified atom stereocenters. The summed E-state index contributed by atoms with van der Waals surface area (Å²) in [4.78, 5) is 25.2. The van der Waals surface area contributed by atoms with E-state index >= 15 is 0 Å². The van der Waals surface area contributed by atoms with Gasteiger partial charge in [0.1, 0.15) is 5.69 Å². The van der Waals surface area contributed by atoms with Gasteiger partial charge in [-0.2, -0.15) is 5.10 Å². The highest BCUT2D eigenvalue weighted by molar-refractivity contribution is 6.05. The quantitative estimate of drug-likeness (QED) is 0.527. The molecule has 0 N–H and O–H groups in total. The van der Waals surface area contributed by atoms with E-state index < -0.39 is 5.97 Å². The molecule has 0 radical (unpaired) electrons. The van der Waals surface area contributed by atoms with Crippen LogP contribution in [0.1, 0.15) is 10.4 Å². The minimum atomic E-state index is -0.501. The number of hydrogen-bond donors (Lipinski definition) is 0. The van der Waals surface area contributed by atoms with Crippen molar-refractivity contribution in [2.24, 2.45) is 7.05 Å². The lowest BCUT2D eigenvalue weighted by Gasteiger charge is -2.10. The first kappa shape index (κ1) is 16.8. The fourth-order valence-electron chi connectivity index (χ4n) is 3.24. The van der Waals surface area contributed by atoms with Gasteiger partial charge in [-0.25, -0.2) is 14.3 Å². The molecule has 2 aromatic heterocycles. The number of hydrogen-bond acceptors (Lipinski definition) is 4. The second-order valence-corrected chi connectivity index (χ2v) is 6.11. The van der Waals surface area contributed by atoms with E-state index in [1.165, 1.54) is 22.4 Å². The molecule has 4 rings (SSSR count). The minimum absolute atomic E-state index is 0.325. The van der Waals surface area contributed by atoms with E-state index in [0.717, 1.165) is 11.1 Å². The lowest BCUT2D eigenvalue weighted by Crippen LogP contribution is -2.26. The van der Waals surface area contributed by atoms with E-state index in [1.807, 2.05) is 60.7 Å². The minimum Gasteiger partial charge on any atom is -0.465 e. The number of methoxy groups -OCH3 is 1. The molecule has 0 aliphatic rings. The molecule has 0 aliphatic carbocycles. The average molecular weight is 359 g/mol. The lowest BCUT2D eigenvalue weighted by molar-refractivity contribution is 0.0601. The van der Waals surface area contributed by atoms with Crippen LogP contribution >= 0.6 is 0 Å². The van der Waals surface area contributed by atoms with Crippen LogP contribution in [0, 0.1) is 0 Å². The summed E-state index contributed by atoms with van der Waals surface area (Å²) in [5, 5.41) is 4.49. The average Bonchev–Trinajstić information content (AvgIpc) is 3.12. The van der Waals surface area contributed by atoms with Gasteiger partial charge in [-0.3, -0.25) is 4.40 Å². The third kappa shape index (κ3) is 2.71. The molecule has 4 aromatic rings. The zero-order chi connectivity index (χ0) is 19.0. The number of rotatable bonds is 3. The van der Waals surface area contributed by atoms with Crippen LogP contribution in [0.25, 0.3) is 27.9 Å². The summed E-state index contributed by atoms with van der Waals surface area (Å²) in [6, 6.07) is 19.0. The van der Waals surface area contributed by atoms with Gasteiger partial charge in [-0.15, -0.1) is 0 Å². The van der Waals surface area contributed by atoms with E-state index in [2.05, 4.69) is 5.10 Å². The summed E-state index contributed by atoms with van der Waals surface area (Å²) in [7, 11) is 2.92. The monoisotopic (exact) mass is 359 g/mol. The number of benzene rings is 2. The Hall–Kier alpha value is -3.67. The van der Waals surface area contributed by atoms with E-state index in [1.54, 1.807) is 7.05 Å². The van der Waals surface area contributed by atoms with Crippen LogP contribution in [0.5, 0.6) is 0 Å². The van der Waals surface area contributed by atoms with Crippen LogP contribution in [0.2, 0.25) is 0 Å². The van der Waals surface area contributed by atoms with Crippen molar-refractivity contribution in [3.63, 3.8) is 0 Å². The van der Waals surface area contributed by atoms with Crippen molar-refractivity contribution >= 4 is 11.5 Å². The Bertz CT molecular complexity index is 1190. The smallest absolute Gasteiger partial charge is 0.348 e. The van der Waals surface area contributed by atoms with Gasteiger partial charge >= 0.3 is 11.7 Å². The molecule has 0 fully saturated rings. The number of ether oxygens (including phenoxy) is 1. The van der Waals surface area contributed by atoms with E-state index in [0.29, 0.717) is 22.3 Å². The fourth-order valence-corrected chi connectivity index (χ4v) is 3.24. The Balaban J connectivity index is 2.20. The molecule has 0 saturated carbocycles. The molecule has 134 valence electrons. The number of esters is 1. The molecule has 6 heteroatoms. The van der Waals surface area contributed by atoms with Gasteiger partial charge in [0.15, 0.2) is 0 Å². The standard InChI is InChI=1S/C21H17N3O3/c1-23-21(26)24-13-16(20(25)27-2)17(14-9-5-3-6-10-14)19(24)18(22-23)15-11-7-4-8-12-15/h3-13H,1-2H3. The Kier molecular flexibility index (Phi) is 4.08. The summed E-state index contributed by atoms with van der Waals surface area (Å²) in [6.07, 6.45) is 1.53. The molecule has 6 nitrogen and oxygen atoms in total.